The lowest BCUT2D eigenvalue weighted by molar-refractivity contribution is -0.703. The summed E-state index contributed by atoms with van der Waals surface area (Å²) < 4.78 is 25.6. The molecule has 2 atom stereocenters. The molecule has 0 bridgehead atoms. The van der Waals surface area contributed by atoms with Crippen molar-refractivity contribution in [2.75, 3.05) is 0 Å². The van der Waals surface area contributed by atoms with Gasteiger partial charge in [-0.15, -0.1) is 0 Å². The van der Waals surface area contributed by atoms with Gasteiger partial charge in [0, 0.05) is 0 Å². The van der Waals surface area contributed by atoms with Crippen molar-refractivity contribution in [1.29, 1.82) is 0 Å². The molecule has 30 heavy (non-hydrogen) atoms. The molecule has 0 saturated carbocycles. The van der Waals surface area contributed by atoms with Crippen molar-refractivity contribution >= 4 is 15.2 Å². The van der Waals surface area contributed by atoms with Gasteiger partial charge in [0.2, 0.25) is 6.33 Å². The summed E-state index contributed by atoms with van der Waals surface area (Å²) in [6, 6.07) is 0. The highest BCUT2D eigenvalue weighted by atomic mass is 31.2. The summed E-state index contributed by atoms with van der Waals surface area (Å²) in [7, 11) is -11.2. The van der Waals surface area contributed by atoms with E-state index in [2.05, 4.69) is 6.92 Å². The minimum atomic E-state index is -5.70. The third-order valence-corrected chi connectivity index (χ3v) is 8.99. The molecule has 0 aliphatic carbocycles. The van der Waals surface area contributed by atoms with Gasteiger partial charge in [-0.1, -0.05) is 71.1 Å². The molecule has 176 valence electrons. The number of nitrogens with zero attached hydrogens (tertiary/aromatic N) is 2. The summed E-state index contributed by atoms with van der Waals surface area (Å²) in [5.41, 5.74) is 0. The molecule has 0 saturated heterocycles. The van der Waals surface area contributed by atoms with Crippen molar-refractivity contribution < 1.29 is 38.4 Å². The Morgan fingerprint density at radius 1 is 0.900 bits per heavy atom. The minimum absolute atomic E-state index is 0.674. The van der Waals surface area contributed by atoms with Gasteiger partial charge in [-0.2, -0.15) is 0 Å². The maximum Gasteiger partial charge on any atom is 0.369 e. The van der Waals surface area contributed by atoms with E-state index in [9.17, 15) is 28.9 Å². The number of unbranched alkanes of at least 4 members (excludes halogenated alkanes) is 11. The second-order valence-electron chi connectivity index (χ2n) is 8.05. The largest absolute Gasteiger partial charge is 0.776 e. The first-order chi connectivity index (χ1) is 14.0. The van der Waals surface area contributed by atoms with Gasteiger partial charge in [0.1, 0.15) is 18.9 Å². The van der Waals surface area contributed by atoms with Crippen molar-refractivity contribution in [1.82, 2.24) is 4.57 Å². The Morgan fingerprint density at radius 2 is 1.37 bits per heavy atom. The van der Waals surface area contributed by atoms with E-state index in [0.717, 1.165) is 23.8 Å². The lowest BCUT2D eigenvalue weighted by atomic mass is 10.1. The molecule has 0 amide bonds. The maximum absolute atomic E-state index is 11.4. The van der Waals surface area contributed by atoms with E-state index in [-0.39, 0.29) is 0 Å². The van der Waals surface area contributed by atoms with Crippen LogP contribution in [-0.2, 0) is 22.2 Å². The maximum atomic E-state index is 11.4. The van der Waals surface area contributed by atoms with Crippen molar-refractivity contribution in [3.8, 4) is 0 Å². The smallest absolute Gasteiger partial charge is 0.369 e. The van der Waals surface area contributed by atoms with Crippen LogP contribution < -0.4 is 9.46 Å². The lowest BCUT2D eigenvalue weighted by Gasteiger charge is -2.34. The summed E-state index contributed by atoms with van der Waals surface area (Å²) in [5.74, 6) is 0. The molecule has 0 spiro atoms. The highest BCUT2D eigenvalue weighted by Gasteiger charge is 2.55. The van der Waals surface area contributed by atoms with Gasteiger partial charge in [-0.25, -0.2) is 9.13 Å². The SMILES string of the molecule is CCCCCCCCCCCCCCn1cc[n+](CC(O)(P(=O)([O-])O)P(=O)(O)O)c1. The topological polar surface area (TPSA) is 147 Å². The fraction of sp³-hybridized carbons (Fsp3) is 0.842. The zero-order valence-corrected chi connectivity index (χ0v) is 19.7. The summed E-state index contributed by atoms with van der Waals surface area (Å²) in [6.07, 6.45) is 19.4. The zero-order valence-electron chi connectivity index (χ0n) is 17.9. The van der Waals surface area contributed by atoms with Gasteiger partial charge >= 0.3 is 7.60 Å². The molecule has 2 unspecified atom stereocenters. The summed E-state index contributed by atoms with van der Waals surface area (Å²) in [4.78, 5) is 38.8. The average molecular weight is 468 g/mol. The third kappa shape index (κ3) is 9.31. The van der Waals surface area contributed by atoms with Crippen LogP contribution in [0.1, 0.15) is 84.0 Å². The van der Waals surface area contributed by atoms with Gasteiger partial charge in [-0.3, -0.25) is 4.57 Å². The first-order valence-electron chi connectivity index (χ1n) is 10.9. The Balaban J connectivity index is 2.26. The Bertz CT molecular complexity index is 677. The minimum Gasteiger partial charge on any atom is -0.776 e. The number of rotatable bonds is 17. The predicted octanol–water partition coefficient (Wildman–Crippen LogP) is 2.85. The molecule has 0 aliphatic rings. The molecule has 1 rings (SSSR count). The van der Waals surface area contributed by atoms with E-state index in [1.807, 2.05) is 0 Å². The van der Waals surface area contributed by atoms with Gasteiger partial charge < -0.3 is 29.2 Å². The standard InChI is InChI=1S/C19H38N2O7P2/c1-2-3-4-5-6-7-8-9-10-11-12-13-14-20-15-16-21(18-20)17-19(22,29(23,24)25)30(26,27)28/h15-16,18,22H,2-14,17H2,1H3,(H3-,23,24,25,26,27,28). The Labute approximate surface area is 179 Å². The van der Waals surface area contributed by atoms with Crippen molar-refractivity contribution in [3.63, 3.8) is 0 Å². The number of hydrogen-bond donors (Lipinski definition) is 4. The van der Waals surface area contributed by atoms with E-state index in [1.54, 1.807) is 10.8 Å². The van der Waals surface area contributed by atoms with Crippen molar-refractivity contribution in [2.24, 2.45) is 0 Å². The van der Waals surface area contributed by atoms with E-state index in [4.69, 9.17) is 4.89 Å². The molecule has 1 aromatic rings. The molecule has 11 heteroatoms. The van der Waals surface area contributed by atoms with Crippen LogP contribution in [0.15, 0.2) is 18.7 Å². The quantitative estimate of drug-likeness (QED) is 0.156. The van der Waals surface area contributed by atoms with Crippen LogP contribution in [-0.4, -0.2) is 29.4 Å². The van der Waals surface area contributed by atoms with Gasteiger partial charge in [-0.05, 0) is 12.8 Å². The van der Waals surface area contributed by atoms with Gasteiger partial charge in [0.15, 0.2) is 7.60 Å². The van der Waals surface area contributed by atoms with Crippen LogP contribution in [0, 0.1) is 0 Å². The zero-order chi connectivity index (χ0) is 22.7. The van der Waals surface area contributed by atoms with Crippen LogP contribution in [0.3, 0.4) is 0 Å². The fourth-order valence-corrected chi connectivity index (χ4v) is 5.40. The van der Waals surface area contributed by atoms with Crippen LogP contribution in [0.2, 0.25) is 0 Å². The second-order valence-corrected chi connectivity index (χ2v) is 12.0. The van der Waals surface area contributed by atoms with Crippen LogP contribution >= 0.6 is 15.2 Å². The summed E-state index contributed by atoms with van der Waals surface area (Å²) >= 11 is 0. The highest BCUT2D eigenvalue weighted by molar-refractivity contribution is 7.71. The van der Waals surface area contributed by atoms with Crippen LogP contribution in [0.5, 0.6) is 0 Å². The molecule has 1 heterocycles. The number of hydrogen-bond acceptors (Lipinski definition) is 4. The molecular formula is C19H38N2O7P2. The first-order valence-corrected chi connectivity index (χ1v) is 14.1. The molecular weight excluding hydrogens is 430 g/mol. The monoisotopic (exact) mass is 468 g/mol. The van der Waals surface area contributed by atoms with Crippen LogP contribution in [0.4, 0.5) is 0 Å². The fourth-order valence-electron chi connectivity index (χ4n) is 3.39. The number of aromatic nitrogens is 2. The van der Waals surface area contributed by atoms with E-state index < -0.39 is 26.8 Å². The highest BCUT2D eigenvalue weighted by Crippen LogP contribution is 2.65. The van der Waals surface area contributed by atoms with E-state index in [0.29, 0.717) is 6.54 Å². The van der Waals surface area contributed by atoms with Crippen LogP contribution in [0.25, 0.3) is 0 Å². The lowest BCUT2D eigenvalue weighted by Crippen LogP contribution is -2.48. The Hall–Kier alpha value is -0.530. The molecule has 1 aromatic heterocycles. The first kappa shape index (κ1) is 27.5. The molecule has 4 N–H and O–H groups in total. The normalized spacial score (nSPS) is 16.3. The summed E-state index contributed by atoms with van der Waals surface area (Å²) in [5, 5.41) is 6.37. The molecule has 9 nitrogen and oxygen atoms in total. The molecule has 0 aromatic carbocycles. The Morgan fingerprint density at radius 3 is 1.80 bits per heavy atom. The van der Waals surface area contributed by atoms with Gasteiger partial charge in [0.05, 0.1) is 6.54 Å². The second kappa shape index (κ2) is 13.1. The number of aliphatic hydroxyl groups is 1. The Kier molecular flexibility index (Phi) is 12.0. The van der Waals surface area contributed by atoms with Gasteiger partial charge in [0.25, 0.3) is 5.08 Å². The number of aryl methyl sites for hydroxylation is 1. The average Bonchev–Trinajstić information content (AvgIpc) is 3.08. The third-order valence-electron chi connectivity index (χ3n) is 5.33. The molecule has 0 aliphatic heterocycles. The molecule has 0 radical (unpaired) electrons. The van der Waals surface area contributed by atoms with E-state index in [1.165, 1.54) is 70.3 Å². The number of imidazole rings is 1. The predicted molar refractivity (Wildman–Crippen MR) is 113 cm³/mol. The van der Waals surface area contributed by atoms with Crippen molar-refractivity contribution in [2.45, 2.75) is 102 Å². The van der Waals surface area contributed by atoms with Crippen molar-refractivity contribution in [3.05, 3.63) is 18.7 Å². The molecule has 0 fully saturated rings. The summed E-state index contributed by atoms with van der Waals surface area (Å²) in [6.45, 7) is 1.94. The van der Waals surface area contributed by atoms with E-state index >= 15 is 0 Å².